The average molecular weight is 355 g/mol. The van der Waals surface area contributed by atoms with Crippen molar-refractivity contribution in [2.24, 2.45) is 0 Å². The van der Waals surface area contributed by atoms with E-state index >= 15 is 0 Å². The lowest BCUT2D eigenvalue weighted by Crippen LogP contribution is -2.12. The molecule has 0 aromatic carbocycles. The van der Waals surface area contributed by atoms with Gasteiger partial charge in [-0.05, 0) is 19.4 Å². The number of carbonyl (C=O) groups is 2. The number of aryl methyl sites for hydroxylation is 1. The Hall–Kier alpha value is -1.94. The molecule has 2 aromatic rings. The summed E-state index contributed by atoms with van der Waals surface area (Å²) in [5, 5.41) is 15.0. The van der Waals surface area contributed by atoms with Crippen LogP contribution < -0.4 is 5.32 Å². The zero-order chi connectivity index (χ0) is 16.5. The molecule has 124 valence electrons. The van der Waals surface area contributed by atoms with Gasteiger partial charge in [0.15, 0.2) is 4.34 Å². The third kappa shape index (κ3) is 6.37. The number of hydrogen-bond donors (Lipinski definition) is 1. The van der Waals surface area contributed by atoms with E-state index < -0.39 is 0 Å². The normalized spacial score (nSPS) is 10.5. The molecule has 0 unspecified atom stereocenters. The van der Waals surface area contributed by atoms with Crippen molar-refractivity contribution >= 4 is 40.1 Å². The van der Waals surface area contributed by atoms with Crippen molar-refractivity contribution in [1.82, 2.24) is 20.0 Å². The van der Waals surface area contributed by atoms with E-state index in [0.29, 0.717) is 35.5 Å². The van der Waals surface area contributed by atoms with E-state index in [2.05, 4.69) is 20.6 Å². The second kappa shape index (κ2) is 9.26. The summed E-state index contributed by atoms with van der Waals surface area (Å²) in [6.07, 6.45) is 4.63. The van der Waals surface area contributed by atoms with E-state index in [9.17, 15) is 9.59 Å². The molecule has 0 spiro atoms. The second-order valence-electron chi connectivity index (χ2n) is 4.39. The van der Waals surface area contributed by atoms with Crippen LogP contribution in [0.25, 0.3) is 0 Å². The van der Waals surface area contributed by atoms with Gasteiger partial charge >= 0.3 is 5.97 Å². The lowest BCUT2D eigenvalue weighted by Gasteiger charge is -2.01. The molecule has 0 bridgehead atoms. The van der Waals surface area contributed by atoms with E-state index in [0.717, 1.165) is 0 Å². The van der Waals surface area contributed by atoms with Crippen molar-refractivity contribution in [1.29, 1.82) is 0 Å². The van der Waals surface area contributed by atoms with Crippen LogP contribution in [0.4, 0.5) is 5.13 Å². The Kier molecular flexibility index (Phi) is 7.01. The molecule has 0 aliphatic rings. The highest BCUT2D eigenvalue weighted by atomic mass is 32.2. The Bertz CT molecular complexity index is 629. The van der Waals surface area contributed by atoms with Crippen LogP contribution in [0.2, 0.25) is 0 Å². The molecular formula is C13H17N5O3S2. The van der Waals surface area contributed by atoms with Gasteiger partial charge in [0.05, 0.1) is 12.4 Å². The quantitative estimate of drug-likeness (QED) is 0.416. The minimum absolute atomic E-state index is 0.116. The predicted octanol–water partition coefficient (Wildman–Crippen LogP) is 1.81. The molecule has 0 radical (unpaired) electrons. The van der Waals surface area contributed by atoms with Crippen molar-refractivity contribution in [3.05, 3.63) is 18.5 Å². The third-order valence-corrected chi connectivity index (χ3v) is 4.57. The molecule has 0 saturated heterocycles. The number of nitrogens with zero attached hydrogens (tertiary/aromatic N) is 4. The summed E-state index contributed by atoms with van der Waals surface area (Å²) >= 11 is 2.48. The Morgan fingerprint density at radius 1 is 1.43 bits per heavy atom. The number of hydrogen-bond acceptors (Lipinski definition) is 8. The lowest BCUT2D eigenvalue weighted by atomic mass is 10.3. The predicted molar refractivity (Wildman–Crippen MR) is 87.4 cm³/mol. The molecule has 10 heteroatoms. The molecule has 0 atom stereocenters. The molecule has 0 aliphatic carbocycles. The molecule has 2 heterocycles. The van der Waals surface area contributed by atoms with Gasteiger partial charge in [-0.15, -0.1) is 10.2 Å². The maximum atomic E-state index is 11.8. The fourth-order valence-electron chi connectivity index (χ4n) is 1.66. The van der Waals surface area contributed by atoms with Gasteiger partial charge in [0, 0.05) is 25.4 Å². The molecule has 0 fully saturated rings. The molecule has 1 amide bonds. The molecule has 8 nitrogen and oxygen atoms in total. The van der Waals surface area contributed by atoms with Gasteiger partial charge in [0.2, 0.25) is 11.0 Å². The molecule has 23 heavy (non-hydrogen) atoms. The van der Waals surface area contributed by atoms with Crippen LogP contribution >= 0.6 is 23.1 Å². The molecule has 0 saturated carbocycles. The molecule has 2 rings (SSSR count). The van der Waals surface area contributed by atoms with Crippen molar-refractivity contribution in [3.8, 4) is 0 Å². The first-order valence-corrected chi connectivity index (χ1v) is 8.86. The van der Waals surface area contributed by atoms with Crippen LogP contribution in [-0.4, -0.2) is 44.2 Å². The Morgan fingerprint density at radius 2 is 2.30 bits per heavy atom. The van der Waals surface area contributed by atoms with Crippen LogP contribution in [0.3, 0.4) is 0 Å². The average Bonchev–Trinajstić information content (AvgIpc) is 3.17. The second-order valence-corrected chi connectivity index (χ2v) is 6.59. The summed E-state index contributed by atoms with van der Waals surface area (Å²) in [6, 6.07) is 1.84. The molecule has 1 N–H and O–H groups in total. The summed E-state index contributed by atoms with van der Waals surface area (Å²) in [4.78, 5) is 23.1. The van der Waals surface area contributed by atoms with Gasteiger partial charge in [-0.3, -0.25) is 14.3 Å². The van der Waals surface area contributed by atoms with Gasteiger partial charge in [-0.25, -0.2) is 0 Å². The van der Waals surface area contributed by atoms with Crippen molar-refractivity contribution in [2.75, 3.05) is 17.7 Å². The summed E-state index contributed by atoms with van der Waals surface area (Å²) < 4.78 is 7.23. The summed E-state index contributed by atoms with van der Waals surface area (Å²) in [6.45, 7) is 2.81. The smallest absolute Gasteiger partial charge is 0.316 e. The Morgan fingerprint density at radius 3 is 3.04 bits per heavy atom. The van der Waals surface area contributed by atoms with Crippen molar-refractivity contribution < 1.29 is 14.3 Å². The molecule has 2 aromatic heterocycles. The molecule has 0 aliphatic heterocycles. The number of amides is 1. The number of ether oxygens (including phenoxy) is 1. The van der Waals surface area contributed by atoms with E-state index in [1.54, 1.807) is 17.8 Å². The maximum Gasteiger partial charge on any atom is 0.316 e. The first kappa shape index (κ1) is 17.4. The van der Waals surface area contributed by atoms with Gasteiger partial charge in [-0.2, -0.15) is 5.10 Å². The number of aromatic nitrogens is 4. The van der Waals surface area contributed by atoms with E-state index in [1.807, 2.05) is 12.3 Å². The van der Waals surface area contributed by atoms with Crippen LogP contribution in [0.1, 0.15) is 19.8 Å². The van der Waals surface area contributed by atoms with E-state index in [4.69, 9.17) is 4.74 Å². The largest absolute Gasteiger partial charge is 0.465 e. The number of anilines is 1. The number of esters is 1. The monoisotopic (exact) mass is 355 g/mol. The van der Waals surface area contributed by atoms with Crippen LogP contribution in [0, 0.1) is 0 Å². The number of thioether (sulfide) groups is 1. The zero-order valence-electron chi connectivity index (χ0n) is 12.6. The Balaban J connectivity index is 1.68. The summed E-state index contributed by atoms with van der Waals surface area (Å²) in [5.41, 5.74) is 0. The maximum absolute atomic E-state index is 11.8. The van der Waals surface area contributed by atoms with Gasteiger partial charge in [0.1, 0.15) is 0 Å². The Labute approximate surface area is 141 Å². The van der Waals surface area contributed by atoms with Gasteiger partial charge in [0.25, 0.3) is 0 Å². The fourth-order valence-corrected chi connectivity index (χ4v) is 3.22. The third-order valence-electron chi connectivity index (χ3n) is 2.62. The highest BCUT2D eigenvalue weighted by molar-refractivity contribution is 8.01. The van der Waals surface area contributed by atoms with Crippen molar-refractivity contribution in [3.63, 3.8) is 0 Å². The van der Waals surface area contributed by atoms with Crippen molar-refractivity contribution in [2.45, 2.75) is 30.6 Å². The summed E-state index contributed by atoms with van der Waals surface area (Å²) in [7, 11) is 0. The SMILES string of the molecule is CCOC(=O)CSc1nnc(NC(=O)CCCn2cccn2)s1. The van der Waals surface area contributed by atoms with Gasteiger partial charge < -0.3 is 10.1 Å². The lowest BCUT2D eigenvalue weighted by molar-refractivity contribution is -0.139. The first-order valence-electron chi connectivity index (χ1n) is 7.06. The number of rotatable bonds is 9. The first-order chi connectivity index (χ1) is 11.2. The standard InChI is InChI=1S/C13H17N5O3S2/c1-2-21-11(20)9-22-13-17-16-12(23-13)15-10(19)5-3-7-18-8-4-6-14-18/h4,6,8H,2-3,5,7,9H2,1H3,(H,15,16,19). The zero-order valence-corrected chi connectivity index (χ0v) is 14.2. The van der Waals surface area contributed by atoms with Crippen LogP contribution in [-0.2, 0) is 20.9 Å². The highest BCUT2D eigenvalue weighted by Gasteiger charge is 2.10. The molecular weight excluding hydrogens is 338 g/mol. The fraction of sp³-hybridized carbons (Fsp3) is 0.462. The van der Waals surface area contributed by atoms with E-state index in [-0.39, 0.29) is 17.6 Å². The number of carbonyl (C=O) groups excluding carboxylic acids is 2. The van der Waals surface area contributed by atoms with E-state index in [1.165, 1.54) is 23.1 Å². The van der Waals surface area contributed by atoms with Gasteiger partial charge in [-0.1, -0.05) is 23.1 Å². The summed E-state index contributed by atoms with van der Waals surface area (Å²) in [5.74, 6) is -0.229. The highest BCUT2D eigenvalue weighted by Crippen LogP contribution is 2.25. The minimum Gasteiger partial charge on any atom is -0.465 e. The van der Waals surface area contributed by atoms with Crippen LogP contribution in [0.5, 0.6) is 0 Å². The minimum atomic E-state index is -0.295. The number of nitrogens with one attached hydrogen (secondary N) is 1. The topological polar surface area (TPSA) is 99.0 Å². The van der Waals surface area contributed by atoms with Crippen LogP contribution in [0.15, 0.2) is 22.8 Å².